The standard InChI is InChI=1S/C20H24N6O2/c1-11-8-14(11)20(27)25-7-5-4-6-16(25)19-23-17(24-28-19)15-10-21-26-13(3)9-12(2)22-18(15)26/h9-11,14,16H,4-8H2,1-3H3/t11-,14+,16-/m0/s1. The van der Waals surface area contributed by atoms with E-state index >= 15 is 0 Å². The smallest absolute Gasteiger partial charge is 0.249 e. The van der Waals surface area contributed by atoms with Crippen molar-refractivity contribution in [2.75, 3.05) is 6.54 Å². The molecule has 1 amide bonds. The zero-order chi connectivity index (χ0) is 19.4. The molecule has 0 bridgehead atoms. The number of hydrogen-bond acceptors (Lipinski definition) is 6. The largest absolute Gasteiger partial charge is 0.337 e. The Labute approximate surface area is 162 Å². The van der Waals surface area contributed by atoms with Crippen LogP contribution in [0, 0.1) is 25.7 Å². The number of piperidine rings is 1. The van der Waals surface area contributed by atoms with Crippen molar-refractivity contribution >= 4 is 11.6 Å². The van der Waals surface area contributed by atoms with Crippen molar-refractivity contribution in [2.24, 2.45) is 11.8 Å². The van der Waals surface area contributed by atoms with E-state index in [9.17, 15) is 4.79 Å². The zero-order valence-corrected chi connectivity index (χ0v) is 16.4. The summed E-state index contributed by atoms with van der Waals surface area (Å²) >= 11 is 0. The Bertz CT molecular complexity index is 1050. The molecule has 0 unspecified atom stereocenters. The zero-order valence-electron chi connectivity index (χ0n) is 16.4. The highest BCUT2D eigenvalue weighted by Crippen LogP contribution is 2.42. The molecule has 1 aliphatic heterocycles. The Morgan fingerprint density at radius 1 is 1.25 bits per heavy atom. The van der Waals surface area contributed by atoms with Gasteiger partial charge in [0.15, 0.2) is 5.65 Å². The minimum absolute atomic E-state index is 0.131. The van der Waals surface area contributed by atoms with Gasteiger partial charge in [0.05, 0.1) is 11.8 Å². The van der Waals surface area contributed by atoms with E-state index in [0.29, 0.717) is 23.3 Å². The molecule has 0 radical (unpaired) electrons. The summed E-state index contributed by atoms with van der Waals surface area (Å²) in [6, 6.07) is 1.85. The summed E-state index contributed by atoms with van der Waals surface area (Å²) in [6.07, 6.45) is 5.66. The maximum Gasteiger partial charge on any atom is 0.249 e. The van der Waals surface area contributed by atoms with Crippen LogP contribution in [0.3, 0.4) is 0 Å². The fraction of sp³-hybridized carbons (Fsp3) is 0.550. The number of amides is 1. The summed E-state index contributed by atoms with van der Waals surface area (Å²) in [6.45, 7) is 6.84. The van der Waals surface area contributed by atoms with Crippen LogP contribution in [-0.2, 0) is 4.79 Å². The van der Waals surface area contributed by atoms with E-state index < -0.39 is 0 Å². The molecule has 2 aliphatic rings. The van der Waals surface area contributed by atoms with E-state index in [2.05, 4.69) is 27.1 Å². The summed E-state index contributed by atoms with van der Waals surface area (Å²) in [5.41, 5.74) is 3.37. The van der Waals surface area contributed by atoms with Crippen molar-refractivity contribution in [1.29, 1.82) is 0 Å². The van der Waals surface area contributed by atoms with Crippen molar-refractivity contribution in [2.45, 2.75) is 52.5 Å². The number of likely N-dealkylation sites (tertiary alicyclic amines) is 1. The number of fused-ring (bicyclic) bond motifs is 1. The van der Waals surface area contributed by atoms with Gasteiger partial charge >= 0.3 is 0 Å². The molecule has 4 heterocycles. The van der Waals surface area contributed by atoms with Crippen molar-refractivity contribution < 1.29 is 9.32 Å². The third kappa shape index (κ3) is 2.78. The van der Waals surface area contributed by atoms with Crippen molar-refractivity contribution in [3.63, 3.8) is 0 Å². The van der Waals surface area contributed by atoms with Crippen LogP contribution in [0.25, 0.3) is 17.0 Å². The number of carbonyl (C=O) groups excluding carboxylic acids is 1. The summed E-state index contributed by atoms with van der Waals surface area (Å²) < 4.78 is 7.41. The second-order valence-corrected chi connectivity index (χ2v) is 8.15. The van der Waals surface area contributed by atoms with E-state index in [4.69, 9.17) is 4.52 Å². The minimum Gasteiger partial charge on any atom is -0.337 e. The fourth-order valence-corrected chi connectivity index (χ4v) is 4.24. The number of nitrogens with zero attached hydrogens (tertiary/aromatic N) is 6. The van der Waals surface area contributed by atoms with Crippen LogP contribution < -0.4 is 0 Å². The average molecular weight is 380 g/mol. The molecular formula is C20H24N6O2. The van der Waals surface area contributed by atoms with Gasteiger partial charge in [0.25, 0.3) is 0 Å². The van der Waals surface area contributed by atoms with Crippen LogP contribution in [-0.4, -0.2) is 42.1 Å². The Morgan fingerprint density at radius 3 is 2.86 bits per heavy atom. The van der Waals surface area contributed by atoms with Gasteiger partial charge < -0.3 is 9.42 Å². The first kappa shape index (κ1) is 17.3. The average Bonchev–Trinajstić information content (AvgIpc) is 3.08. The number of aryl methyl sites for hydroxylation is 2. The van der Waals surface area contributed by atoms with Gasteiger partial charge in [-0.3, -0.25) is 4.79 Å². The van der Waals surface area contributed by atoms with Crippen LogP contribution in [0.1, 0.15) is 55.9 Å². The van der Waals surface area contributed by atoms with E-state index in [-0.39, 0.29) is 17.9 Å². The normalized spacial score (nSPS) is 24.7. The topological polar surface area (TPSA) is 89.4 Å². The SMILES string of the molecule is Cc1cc(C)n2ncc(-c3noc([C@@H]4CCCCN4C(=O)[C@@H]4C[C@@H]4C)n3)c2n1. The Morgan fingerprint density at radius 2 is 2.07 bits per heavy atom. The first-order chi connectivity index (χ1) is 13.5. The van der Waals surface area contributed by atoms with Crippen LogP contribution in [0.15, 0.2) is 16.8 Å². The predicted molar refractivity (Wildman–Crippen MR) is 101 cm³/mol. The second kappa shape index (κ2) is 6.39. The van der Waals surface area contributed by atoms with Crippen LogP contribution in [0.2, 0.25) is 0 Å². The van der Waals surface area contributed by atoms with Gasteiger partial charge in [0.1, 0.15) is 6.04 Å². The van der Waals surface area contributed by atoms with Gasteiger partial charge in [-0.15, -0.1) is 0 Å². The van der Waals surface area contributed by atoms with Gasteiger partial charge in [-0.2, -0.15) is 10.1 Å². The lowest BCUT2D eigenvalue weighted by Gasteiger charge is -2.33. The Kier molecular flexibility index (Phi) is 3.96. The molecule has 3 aromatic heterocycles. The highest BCUT2D eigenvalue weighted by atomic mass is 16.5. The summed E-state index contributed by atoms with van der Waals surface area (Å²) in [4.78, 5) is 24.1. The monoisotopic (exact) mass is 380 g/mol. The molecule has 146 valence electrons. The lowest BCUT2D eigenvalue weighted by atomic mass is 10.0. The number of carbonyl (C=O) groups is 1. The van der Waals surface area contributed by atoms with Crippen LogP contribution >= 0.6 is 0 Å². The maximum absolute atomic E-state index is 12.9. The molecule has 28 heavy (non-hydrogen) atoms. The quantitative estimate of drug-likeness (QED) is 0.694. The number of rotatable bonds is 3. The van der Waals surface area contributed by atoms with E-state index in [1.807, 2.05) is 24.8 Å². The Balaban J connectivity index is 1.48. The third-order valence-corrected chi connectivity index (χ3v) is 5.96. The van der Waals surface area contributed by atoms with Crippen LogP contribution in [0.5, 0.6) is 0 Å². The van der Waals surface area contributed by atoms with Crippen molar-refractivity contribution in [1.82, 2.24) is 29.6 Å². The molecule has 1 saturated heterocycles. The molecule has 2 fully saturated rings. The molecule has 5 rings (SSSR count). The van der Waals surface area contributed by atoms with Gasteiger partial charge in [-0.25, -0.2) is 9.50 Å². The lowest BCUT2D eigenvalue weighted by Crippen LogP contribution is -2.39. The minimum atomic E-state index is -0.131. The highest BCUT2D eigenvalue weighted by Gasteiger charge is 2.44. The van der Waals surface area contributed by atoms with Crippen molar-refractivity contribution in [3.8, 4) is 11.4 Å². The van der Waals surface area contributed by atoms with Gasteiger partial charge in [-0.05, 0) is 51.5 Å². The summed E-state index contributed by atoms with van der Waals surface area (Å²) in [5.74, 6) is 1.88. The third-order valence-electron chi connectivity index (χ3n) is 5.96. The number of aromatic nitrogens is 5. The molecule has 0 N–H and O–H groups in total. The second-order valence-electron chi connectivity index (χ2n) is 8.15. The first-order valence-electron chi connectivity index (χ1n) is 9.99. The van der Waals surface area contributed by atoms with E-state index in [1.165, 1.54) is 0 Å². The highest BCUT2D eigenvalue weighted by molar-refractivity contribution is 5.82. The van der Waals surface area contributed by atoms with Gasteiger partial charge in [0.2, 0.25) is 17.6 Å². The maximum atomic E-state index is 12.9. The molecule has 0 spiro atoms. The molecule has 8 nitrogen and oxygen atoms in total. The fourth-order valence-electron chi connectivity index (χ4n) is 4.24. The molecule has 3 atom stereocenters. The molecule has 3 aromatic rings. The molecule has 1 aliphatic carbocycles. The van der Waals surface area contributed by atoms with E-state index in [0.717, 1.165) is 49.2 Å². The van der Waals surface area contributed by atoms with Crippen molar-refractivity contribution in [3.05, 3.63) is 29.5 Å². The van der Waals surface area contributed by atoms with Gasteiger partial charge in [-0.1, -0.05) is 12.1 Å². The van der Waals surface area contributed by atoms with Gasteiger partial charge in [0, 0.05) is 23.9 Å². The summed E-state index contributed by atoms with van der Waals surface area (Å²) in [7, 11) is 0. The lowest BCUT2D eigenvalue weighted by molar-refractivity contribution is -0.137. The molecule has 8 heteroatoms. The first-order valence-corrected chi connectivity index (χ1v) is 9.99. The summed E-state index contributed by atoms with van der Waals surface area (Å²) in [5, 5.41) is 8.60. The Hall–Kier alpha value is -2.77. The van der Waals surface area contributed by atoms with E-state index in [1.54, 1.807) is 10.7 Å². The molecule has 1 saturated carbocycles. The molecular weight excluding hydrogens is 356 g/mol. The molecule has 0 aromatic carbocycles. The number of hydrogen-bond donors (Lipinski definition) is 0. The van der Waals surface area contributed by atoms with Crippen LogP contribution in [0.4, 0.5) is 0 Å². The predicted octanol–water partition coefficient (Wildman–Crippen LogP) is 3.11.